The number of piperazine rings is 1. The van der Waals surface area contributed by atoms with Gasteiger partial charge in [0, 0.05) is 49.3 Å². The van der Waals surface area contributed by atoms with E-state index in [9.17, 15) is 4.79 Å². The molecule has 2 aromatic rings. The minimum absolute atomic E-state index is 0.00351. The largest absolute Gasteiger partial charge is 0.494 e. The van der Waals surface area contributed by atoms with Crippen molar-refractivity contribution < 1.29 is 19.0 Å². The highest BCUT2D eigenvalue weighted by molar-refractivity contribution is 5.79. The first-order valence-electron chi connectivity index (χ1n) is 14.4. The topological polar surface area (TPSA) is 69.1 Å². The standard InChI is InChI=1S/C31H46N4O4/c1-8-37-23(4)27-18-24(25-19-32-35(20-25)29-11-9-10-16-38-29)12-13-28(27)33-14-15-34(26(21-33)17-22(2)3)30(36)39-31(5,6)7/h12-13,18-20,22,26,29H,4,8-11,14-17,21H2,1-3,5-7H3. The summed E-state index contributed by atoms with van der Waals surface area (Å²) in [7, 11) is 0. The third-order valence-corrected chi connectivity index (χ3v) is 7.20. The molecule has 39 heavy (non-hydrogen) atoms. The Hall–Kier alpha value is -3.00. The van der Waals surface area contributed by atoms with Gasteiger partial charge in [0.1, 0.15) is 17.6 Å². The molecule has 2 atom stereocenters. The van der Waals surface area contributed by atoms with E-state index in [1.54, 1.807) is 0 Å². The van der Waals surface area contributed by atoms with Crippen LogP contribution in [0.1, 0.15) is 79.0 Å². The summed E-state index contributed by atoms with van der Waals surface area (Å²) in [6.45, 7) is 19.7. The minimum Gasteiger partial charge on any atom is -0.494 e. The molecule has 0 radical (unpaired) electrons. The second-order valence-corrected chi connectivity index (χ2v) is 12.0. The van der Waals surface area contributed by atoms with Crippen molar-refractivity contribution in [3.63, 3.8) is 0 Å². The molecule has 2 aliphatic rings. The van der Waals surface area contributed by atoms with Crippen molar-refractivity contribution in [1.29, 1.82) is 0 Å². The van der Waals surface area contributed by atoms with Gasteiger partial charge in [0.05, 0.1) is 18.8 Å². The first kappa shape index (κ1) is 29.0. The average molecular weight is 539 g/mol. The summed E-state index contributed by atoms with van der Waals surface area (Å²) in [6, 6.07) is 6.49. The van der Waals surface area contributed by atoms with E-state index in [0.717, 1.165) is 61.2 Å². The molecule has 0 N–H and O–H groups in total. The van der Waals surface area contributed by atoms with Gasteiger partial charge in [-0.1, -0.05) is 26.5 Å². The van der Waals surface area contributed by atoms with E-state index in [1.807, 2.05) is 43.5 Å². The van der Waals surface area contributed by atoms with Gasteiger partial charge in [-0.2, -0.15) is 5.10 Å². The van der Waals surface area contributed by atoms with Gasteiger partial charge in [-0.3, -0.25) is 0 Å². The Kier molecular flexibility index (Phi) is 9.26. The summed E-state index contributed by atoms with van der Waals surface area (Å²) in [5, 5.41) is 4.61. The molecule has 2 fully saturated rings. The van der Waals surface area contributed by atoms with Gasteiger partial charge in [-0.15, -0.1) is 0 Å². The molecule has 3 heterocycles. The van der Waals surface area contributed by atoms with E-state index in [1.165, 1.54) is 0 Å². The Morgan fingerprint density at radius 3 is 2.67 bits per heavy atom. The molecule has 2 saturated heterocycles. The first-order chi connectivity index (χ1) is 18.6. The molecular weight excluding hydrogens is 492 g/mol. The number of nitrogens with zero attached hydrogens (tertiary/aromatic N) is 4. The van der Waals surface area contributed by atoms with Gasteiger partial charge in [-0.05, 0) is 77.0 Å². The molecule has 0 bridgehead atoms. The molecule has 8 nitrogen and oxygen atoms in total. The molecule has 214 valence electrons. The van der Waals surface area contributed by atoms with Crippen LogP contribution in [-0.4, -0.2) is 65.3 Å². The third kappa shape index (κ3) is 7.35. The van der Waals surface area contributed by atoms with Crippen molar-refractivity contribution in [3.8, 4) is 11.1 Å². The number of carbonyl (C=O) groups is 1. The predicted molar refractivity (Wildman–Crippen MR) is 156 cm³/mol. The zero-order valence-corrected chi connectivity index (χ0v) is 24.6. The van der Waals surface area contributed by atoms with Crippen molar-refractivity contribution in [3.05, 3.63) is 42.7 Å². The van der Waals surface area contributed by atoms with Crippen molar-refractivity contribution in [1.82, 2.24) is 14.7 Å². The molecule has 1 aromatic carbocycles. The SMILES string of the molecule is C=C(OCC)c1cc(-c2cnn(C3CCCCO3)c2)ccc1N1CCN(C(=O)OC(C)(C)C)C(CC(C)C)C1. The maximum atomic E-state index is 13.1. The summed E-state index contributed by atoms with van der Waals surface area (Å²) in [6.07, 6.45) is 7.89. The van der Waals surface area contributed by atoms with Crippen LogP contribution in [0.15, 0.2) is 37.2 Å². The maximum absolute atomic E-state index is 13.1. The second kappa shape index (κ2) is 12.5. The summed E-state index contributed by atoms with van der Waals surface area (Å²) >= 11 is 0. The molecule has 0 saturated carbocycles. The summed E-state index contributed by atoms with van der Waals surface area (Å²) < 4.78 is 19.5. The average Bonchev–Trinajstić information content (AvgIpc) is 3.38. The highest BCUT2D eigenvalue weighted by Crippen LogP contribution is 2.35. The van der Waals surface area contributed by atoms with Crippen LogP contribution in [0.3, 0.4) is 0 Å². The molecule has 1 aromatic heterocycles. The van der Waals surface area contributed by atoms with Crippen molar-refractivity contribution in [2.45, 2.75) is 85.1 Å². The Balaban J connectivity index is 1.60. The molecule has 2 unspecified atom stereocenters. The number of ether oxygens (including phenoxy) is 3. The Morgan fingerprint density at radius 1 is 1.21 bits per heavy atom. The fraction of sp³-hybridized carbons (Fsp3) is 0.613. The van der Waals surface area contributed by atoms with E-state index in [0.29, 0.717) is 31.4 Å². The van der Waals surface area contributed by atoms with Crippen molar-refractivity contribution in [2.75, 3.05) is 37.7 Å². The summed E-state index contributed by atoms with van der Waals surface area (Å²) in [4.78, 5) is 17.3. The maximum Gasteiger partial charge on any atom is 0.410 e. The normalized spacial score (nSPS) is 20.3. The molecule has 0 aliphatic carbocycles. The van der Waals surface area contributed by atoms with Crippen LogP contribution in [0.5, 0.6) is 0 Å². The lowest BCUT2D eigenvalue weighted by Crippen LogP contribution is -2.56. The lowest BCUT2D eigenvalue weighted by molar-refractivity contribution is -0.0394. The third-order valence-electron chi connectivity index (χ3n) is 7.20. The molecule has 4 rings (SSSR count). The Labute approximate surface area is 233 Å². The molecule has 8 heteroatoms. The Morgan fingerprint density at radius 2 is 2.00 bits per heavy atom. The van der Waals surface area contributed by atoms with Crippen LogP contribution in [0.25, 0.3) is 16.9 Å². The number of hydrogen-bond donors (Lipinski definition) is 0. The zero-order chi connectivity index (χ0) is 28.2. The highest BCUT2D eigenvalue weighted by atomic mass is 16.6. The number of benzene rings is 1. The molecule has 0 spiro atoms. The summed E-state index contributed by atoms with van der Waals surface area (Å²) in [5.74, 6) is 1.09. The van der Waals surface area contributed by atoms with Gasteiger partial charge in [0.15, 0.2) is 0 Å². The van der Waals surface area contributed by atoms with Gasteiger partial charge >= 0.3 is 6.09 Å². The summed E-state index contributed by atoms with van der Waals surface area (Å²) in [5.41, 5.74) is 3.60. The van der Waals surface area contributed by atoms with Crippen LogP contribution in [0.2, 0.25) is 0 Å². The quantitative estimate of drug-likeness (QED) is 0.347. The van der Waals surface area contributed by atoms with Crippen LogP contribution >= 0.6 is 0 Å². The number of amides is 1. The molecule has 2 aliphatic heterocycles. The number of carbonyl (C=O) groups excluding carboxylic acids is 1. The van der Waals surface area contributed by atoms with Gasteiger partial charge in [-0.25, -0.2) is 9.48 Å². The minimum atomic E-state index is -0.522. The highest BCUT2D eigenvalue weighted by Gasteiger charge is 2.34. The van der Waals surface area contributed by atoms with Gasteiger partial charge < -0.3 is 24.0 Å². The van der Waals surface area contributed by atoms with E-state index in [2.05, 4.69) is 54.8 Å². The van der Waals surface area contributed by atoms with Crippen LogP contribution in [0, 0.1) is 5.92 Å². The molecular formula is C31H46N4O4. The van der Waals surface area contributed by atoms with Crippen LogP contribution < -0.4 is 4.90 Å². The smallest absolute Gasteiger partial charge is 0.410 e. The van der Waals surface area contributed by atoms with E-state index in [4.69, 9.17) is 14.2 Å². The van der Waals surface area contributed by atoms with E-state index < -0.39 is 5.60 Å². The van der Waals surface area contributed by atoms with Gasteiger partial charge in [0.25, 0.3) is 0 Å². The van der Waals surface area contributed by atoms with Crippen molar-refractivity contribution in [2.24, 2.45) is 5.92 Å². The number of anilines is 1. The number of aromatic nitrogens is 2. The van der Waals surface area contributed by atoms with Crippen LogP contribution in [0.4, 0.5) is 10.5 Å². The van der Waals surface area contributed by atoms with E-state index in [-0.39, 0.29) is 18.4 Å². The fourth-order valence-electron chi connectivity index (χ4n) is 5.42. The van der Waals surface area contributed by atoms with E-state index >= 15 is 0 Å². The number of rotatable bonds is 8. The molecule has 1 amide bonds. The second-order valence-electron chi connectivity index (χ2n) is 12.0. The van der Waals surface area contributed by atoms with Crippen LogP contribution in [-0.2, 0) is 14.2 Å². The monoisotopic (exact) mass is 538 g/mol. The fourth-order valence-corrected chi connectivity index (χ4v) is 5.42. The first-order valence-corrected chi connectivity index (χ1v) is 14.4. The lowest BCUT2D eigenvalue weighted by atomic mass is 9.98. The number of hydrogen-bond acceptors (Lipinski definition) is 6. The van der Waals surface area contributed by atoms with Crippen molar-refractivity contribution >= 4 is 17.5 Å². The Bertz CT molecular complexity index is 1130. The zero-order valence-electron chi connectivity index (χ0n) is 24.6. The van der Waals surface area contributed by atoms with Gasteiger partial charge in [0.2, 0.25) is 0 Å². The predicted octanol–water partition coefficient (Wildman–Crippen LogP) is 6.73. The lowest BCUT2D eigenvalue weighted by Gasteiger charge is -2.43.